The average molecular weight is 142 g/mol. The van der Waals surface area contributed by atoms with E-state index in [4.69, 9.17) is 21.0 Å². The van der Waals surface area contributed by atoms with Gasteiger partial charge >= 0.3 is 0 Å². The first-order valence-corrected chi connectivity index (χ1v) is 2.60. The number of nitrogens with zero attached hydrogens (tertiary/aromatic N) is 4. The minimum Gasteiger partial charge on any atom is -0.198 e. The van der Waals surface area contributed by atoms with Crippen molar-refractivity contribution in [3.8, 4) is 24.3 Å². The maximum atomic E-state index is 8.33. The highest BCUT2D eigenvalue weighted by atomic mass is 14.3. The molecule has 0 radical (unpaired) electrons. The minimum atomic E-state index is -0.283. The van der Waals surface area contributed by atoms with Gasteiger partial charge in [-0.3, -0.25) is 0 Å². The Morgan fingerprint density at radius 2 is 1.45 bits per heavy atom. The van der Waals surface area contributed by atoms with Crippen molar-refractivity contribution in [2.24, 2.45) is 0 Å². The van der Waals surface area contributed by atoms with Crippen LogP contribution in [-0.2, 0) is 0 Å². The fraction of sp³-hybridized carbons (Fsp3) is 0.143. The zero-order chi connectivity index (χ0) is 8.69. The van der Waals surface area contributed by atoms with Crippen LogP contribution in [0, 0.1) is 45.3 Å². The lowest BCUT2D eigenvalue weighted by Gasteiger charge is -1.84. The van der Waals surface area contributed by atoms with Gasteiger partial charge in [-0.1, -0.05) is 0 Å². The molecule has 4 heteroatoms. The van der Waals surface area contributed by atoms with Crippen LogP contribution in [0.4, 0.5) is 0 Å². The molecule has 0 atom stereocenters. The first-order valence-electron chi connectivity index (χ1n) is 2.60. The minimum absolute atomic E-state index is 0.0718. The SMILES string of the molecule is N#CCC(C#N)=C(C#N)C#N. The molecule has 0 aliphatic heterocycles. The van der Waals surface area contributed by atoms with Crippen LogP contribution in [0.25, 0.3) is 0 Å². The van der Waals surface area contributed by atoms with E-state index in [2.05, 4.69) is 0 Å². The molecule has 50 valence electrons. The van der Waals surface area contributed by atoms with E-state index >= 15 is 0 Å². The standard InChI is InChI=1S/C7H2N4/c8-2-1-6(3-9)7(4-10)5-11/h1H2. The summed E-state index contributed by atoms with van der Waals surface area (Å²) in [6.45, 7) is 0. The molecule has 4 nitrogen and oxygen atoms in total. The van der Waals surface area contributed by atoms with Crippen LogP contribution in [0.15, 0.2) is 11.1 Å². The summed E-state index contributed by atoms with van der Waals surface area (Å²) in [5.41, 5.74) is -0.355. The highest BCUT2D eigenvalue weighted by molar-refractivity contribution is 5.46. The van der Waals surface area contributed by atoms with Crippen LogP contribution in [0.2, 0.25) is 0 Å². The first-order chi connectivity index (χ1) is 5.29. The summed E-state index contributed by atoms with van der Waals surface area (Å²) in [6.07, 6.45) is -0.188. The molecule has 0 N–H and O–H groups in total. The highest BCUT2D eigenvalue weighted by Gasteiger charge is 2.03. The smallest absolute Gasteiger partial charge is 0.144 e. The Hall–Kier alpha value is -2.30. The molecule has 0 amide bonds. The van der Waals surface area contributed by atoms with Gasteiger partial charge in [-0.15, -0.1) is 0 Å². The van der Waals surface area contributed by atoms with Crippen LogP contribution >= 0.6 is 0 Å². The molecule has 11 heavy (non-hydrogen) atoms. The van der Waals surface area contributed by atoms with Gasteiger partial charge in [0.2, 0.25) is 0 Å². The molecule has 0 heterocycles. The maximum absolute atomic E-state index is 8.33. The second-order valence-electron chi connectivity index (χ2n) is 1.52. The first kappa shape index (κ1) is 8.70. The van der Waals surface area contributed by atoms with Gasteiger partial charge in [0, 0.05) is 0 Å². The van der Waals surface area contributed by atoms with Crippen LogP contribution in [0.1, 0.15) is 6.42 Å². The summed E-state index contributed by atoms with van der Waals surface area (Å²) in [4.78, 5) is 0. The Kier molecular flexibility index (Phi) is 3.61. The van der Waals surface area contributed by atoms with Gasteiger partial charge in [0.1, 0.15) is 17.7 Å². The Labute approximate surface area is 63.8 Å². The van der Waals surface area contributed by atoms with Crippen molar-refractivity contribution >= 4 is 0 Å². The molecule has 0 aromatic rings. The van der Waals surface area contributed by atoms with Gasteiger partial charge < -0.3 is 0 Å². The number of hydrogen-bond acceptors (Lipinski definition) is 4. The van der Waals surface area contributed by atoms with Gasteiger partial charge in [-0.2, -0.15) is 21.0 Å². The van der Waals surface area contributed by atoms with Crippen molar-refractivity contribution < 1.29 is 0 Å². The van der Waals surface area contributed by atoms with Crippen molar-refractivity contribution in [2.75, 3.05) is 0 Å². The second kappa shape index (κ2) is 4.57. The number of hydrogen-bond donors (Lipinski definition) is 0. The van der Waals surface area contributed by atoms with E-state index < -0.39 is 0 Å². The van der Waals surface area contributed by atoms with Gasteiger partial charge in [0.15, 0.2) is 0 Å². The number of nitriles is 4. The zero-order valence-electron chi connectivity index (χ0n) is 5.50. The topological polar surface area (TPSA) is 95.2 Å². The van der Waals surface area contributed by atoms with Crippen molar-refractivity contribution in [1.29, 1.82) is 21.0 Å². The Bertz CT molecular complexity index is 321. The lowest BCUT2D eigenvalue weighted by Crippen LogP contribution is -1.83. The van der Waals surface area contributed by atoms with Crippen molar-refractivity contribution in [3.05, 3.63) is 11.1 Å². The second-order valence-corrected chi connectivity index (χ2v) is 1.52. The molecule has 0 aliphatic carbocycles. The van der Waals surface area contributed by atoms with E-state index in [1.165, 1.54) is 12.1 Å². The molecule has 0 saturated heterocycles. The Balaban J connectivity index is 4.94. The van der Waals surface area contributed by atoms with Crippen LogP contribution in [0.3, 0.4) is 0 Å². The molecule has 0 spiro atoms. The van der Waals surface area contributed by atoms with E-state index in [1.54, 1.807) is 12.1 Å². The summed E-state index contributed by atoms with van der Waals surface area (Å²) in [7, 11) is 0. The molecule has 0 unspecified atom stereocenters. The summed E-state index contributed by atoms with van der Waals surface area (Å²) in [5, 5.41) is 33.0. The molecule has 0 fully saturated rings. The van der Waals surface area contributed by atoms with Crippen LogP contribution < -0.4 is 0 Å². The molecular formula is C7H2N4. The van der Waals surface area contributed by atoms with Crippen LogP contribution in [-0.4, -0.2) is 0 Å². The Morgan fingerprint density at radius 1 is 0.909 bits per heavy atom. The van der Waals surface area contributed by atoms with Crippen molar-refractivity contribution in [3.63, 3.8) is 0 Å². The van der Waals surface area contributed by atoms with Gasteiger partial charge in [-0.05, 0) is 0 Å². The summed E-state index contributed by atoms with van der Waals surface area (Å²) in [6, 6.07) is 6.37. The zero-order valence-corrected chi connectivity index (χ0v) is 5.50. The molecule has 0 aromatic heterocycles. The van der Waals surface area contributed by atoms with E-state index in [0.29, 0.717) is 0 Å². The number of allylic oxidation sites excluding steroid dienone is 2. The number of rotatable bonds is 1. The van der Waals surface area contributed by atoms with Crippen LogP contribution in [0.5, 0.6) is 0 Å². The highest BCUT2D eigenvalue weighted by Crippen LogP contribution is 2.04. The molecule has 0 bridgehead atoms. The maximum Gasteiger partial charge on any atom is 0.144 e. The Morgan fingerprint density at radius 3 is 1.73 bits per heavy atom. The monoisotopic (exact) mass is 142 g/mol. The molecule has 0 rings (SSSR count). The third-order valence-corrected chi connectivity index (χ3v) is 0.916. The van der Waals surface area contributed by atoms with Gasteiger partial charge in [0.25, 0.3) is 0 Å². The van der Waals surface area contributed by atoms with Gasteiger partial charge in [-0.25, -0.2) is 0 Å². The fourth-order valence-electron chi connectivity index (χ4n) is 0.423. The third-order valence-electron chi connectivity index (χ3n) is 0.916. The quantitative estimate of drug-likeness (QED) is 0.505. The normalized spacial score (nSPS) is 6.18. The molecule has 0 aromatic carbocycles. The summed E-state index contributed by atoms with van der Waals surface area (Å²) < 4.78 is 0. The fourth-order valence-corrected chi connectivity index (χ4v) is 0.423. The summed E-state index contributed by atoms with van der Waals surface area (Å²) in [5.74, 6) is 0. The predicted octanol–water partition coefficient (Wildman–Crippen LogP) is 0.767. The molecular weight excluding hydrogens is 140 g/mol. The predicted molar refractivity (Wildman–Crippen MR) is 34.1 cm³/mol. The lowest BCUT2D eigenvalue weighted by atomic mass is 10.1. The van der Waals surface area contributed by atoms with E-state index in [1.807, 2.05) is 0 Å². The van der Waals surface area contributed by atoms with E-state index in [-0.39, 0.29) is 17.6 Å². The van der Waals surface area contributed by atoms with Gasteiger partial charge in [0.05, 0.1) is 24.1 Å². The largest absolute Gasteiger partial charge is 0.198 e. The van der Waals surface area contributed by atoms with E-state index in [9.17, 15) is 0 Å². The average Bonchev–Trinajstić information content (AvgIpc) is 2.05. The lowest BCUT2D eigenvalue weighted by molar-refractivity contribution is 1.25. The third kappa shape index (κ3) is 2.19. The van der Waals surface area contributed by atoms with Crippen molar-refractivity contribution in [2.45, 2.75) is 6.42 Å². The molecule has 0 aliphatic rings. The van der Waals surface area contributed by atoms with E-state index in [0.717, 1.165) is 0 Å². The summed E-state index contributed by atoms with van der Waals surface area (Å²) >= 11 is 0. The van der Waals surface area contributed by atoms with Crippen molar-refractivity contribution in [1.82, 2.24) is 0 Å². The molecule has 0 saturated carbocycles.